The van der Waals surface area contributed by atoms with Crippen molar-refractivity contribution in [3.63, 3.8) is 0 Å². The first-order valence-electron chi connectivity index (χ1n) is 6.56. The fourth-order valence-corrected chi connectivity index (χ4v) is 2.40. The lowest BCUT2D eigenvalue weighted by atomic mass is 9.71. The van der Waals surface area contributed by atoms with E-state index < -0.39 is 11.5 Å². The molecule has 1 amide bonds. The highest BCUT2D eigenvalue weighted by molar-refractivity contribution is 5.96. The molecule has 0 radical (unpaired) electrons. The normalized spacial score (nSPS) is 18.5. The van der Waals surface area contributed by atoms with Gasteiger partial charge in [-0.1, -0.05) is 6.42 Å². The highest BCUT2D eigenvalue weighted by Gasteiger charge is 2.45. The molecule has 1 fully saturated rings. The van der Waals surface area contributed by atoms with Crippen LogP contribution in [0, 0.1) is 19.8 Å². The summed E-state index contributed by atoms with van der Waals surface area (Å²) in [4.78, 5) is 26.6. The number of nitrogens with one attached hydrogen (secondary N) is 2. The Morgan fingerprint density at radius 2 is 2.05 bits per heavy atom. The number of hydrogen-bond acceptors (Lipinski definition) is 2. The van der Waals surface area contributed by atoms with E-state index in [4.69, 9.17) is 0 Å². The van der Waals surface area contributed by atoms with Crippen molar-refractivity contribution in [2.75, 3.05) is 0 Å². The summed E-state index contributed by atoms with van der Waals surface area (Å²) < 4.78 is 0. The maximum absolute atomic E-state index is 12.2. The van der Waals surface area contributed by atoms with E-state index >= 15 is 0 Å². The molecule has 1 atom stereocenters. The van der Waals surface area contributed by atoms with Crippen molar-refractivity contribution in [2.24, 2.45) is 5.92 Å². The van der Waals surface area contributed by atoms with Crippen LogP contribution < -0.4 is 5.32 Å². The molecule has 0 bridgehead atoms. The fourth-order valence-electron chi connectivity index (χ4n) is 2.40. The van der Waals surface area contributed by atoms with E-state index in [2.05, 4.69) is 10.3 Å². The second kappa shape index (κ2) is 4.72. The first kappa shape index (κ1) is 13.6. The third-order valence-electron chi connectivity index (χ3n) is 4.26. The SMILES string of the molecule is Cc1cc(C(=O)NC(C)(C(=O)O)C2CCC2)[nH]c1C. The largest absolute Gasteiger partial charge is 0.480 e. The zero-order valence-electron chi connectivity index (χ0n) is 11.5. The molecule has 1 aliphatic rings. The highest BCUT2D eigenvalue weighted by Crippen LogP contribution is 2.36. The lowest BCUT2D eigenvalue weighted by Crippen LogP contribution is -2.59. The Kier molecular flexibility index (Phi) is 3.39. The lowest BCUT2D eigenvalue weighted by Gasteiger charge is -2.40. The first-order valence-corrected chi connectivity index (χ1v) is 6.56. The summed E-state index contributed by atoms with van der Waals surface area (Å²) in [6, 6.07) is 1.74. The minimum absolute atomic E-state index is 0.0195. The lowest BCUT2D eigenvalue weighted by molar-refractivity contribution is -0.147. The Morgan fingerprint density at radius 3 is 2.42 bits per heavy atom. The third kappa shape index (κ3) is 2.37. The second-order valence-electron chi connectivity index (χ2n) is 5.58. The van der Waals surface area contributed by atoms with Crippen molar-refractivity contribution < 1.29 is 14.7 Å². The fraction of sp³-hybridized carbons (Fsp3) is 0.571. The van der Waals surface area contributed by atoms with E-state index in [0.29, 0.717) is 5.69 Å². The van der Waals surface area contributed by atoms with Crippen LogP contribution in [0.25, 0.3) is 0 Å². The van der Waals surface area contributed by atoms with Gasteiger partial charge in [0, 0.05) is 5.69 Å². The predicted molar refractivity (Wildman–Crippen MR) is 71.1 cm³/mol. The minimum atomic E-state index is -1.18. The first-order chi connectivity index (χ1) is 8.84. The molecule has 5 nitrogen and oxygen atoms in total. The number of aryl methyl sites for hydroxylation is 2. The summed E-state index contributed by atoms with van der Waals surface area (Å²) >= 11 is 0. The molecule has 3 N–H and O–H groups in total. The quantitative estimate of drug-likeness (QED) is 0.778. The number of carbonyl (C=O) groups is 2. The number of H-pyrrole nitrogens is 1. The molecule has 19 heavy (non-hydrogen) atoms. The maximum atomic E-state index is 12.2. The number of carboxylic acids is 1. The average Bonchev–Trinajstić information content (AvgIpc) is 2.56. The molecule has 0 aliphatic heterocycles. The number of hydrogen-bond donors (Lipinski definition) is 3. The van der Waals surface area contributed by atoms with Crippen LogP contribution >= 0.6 is 0 Å². The van der Waals surface area contributed by atoms with Crippen molar-refractivity contribution in [3.05, 3.63) is 23.0 Å². The monoisotopic (exact) mass is 264 g/mol. The summed E-state index contributed by atoms with van der Waals surface area (Å²) in [5.74, 6) is -1.30. The van der Waals surface area contributed by atoms with Crippen molar-refractivity contribution in [3.8, 4) is 0 Å². The Bertz CT molecular complexity index is 497. The standard InChI is InChI=1S/C14H20N2O3/c1-8-7-11(15-9(8)2)12(17)16-14(3,13(18)19)10-5-4-6-10/h7,10,15H,4-6H2,1-3H3,(H,16,17)(H,18,19). The molecule has 2 rings (SSSR count). The van der Waals surface area contributed by atoms with Crippen molar-refractivity contribution in [1.82, 2.24) is 10.3 Å². The van der Waals surface area contributed by atoms with Gasteiger partial charge in [0.1, 0.15) is 11.2 Å². The van der Waals surface area contributed by atoms with E-state index in [-0.39, 0.29) is 11.8 Å². The Labute approximate surface area is 112 Å². The Morgan fingerprint density at radius 1 is 1.42 bits per heavy atom. The summed E-state index contributed by atoms with van der Waals surface area (Å²) in [7, 11) is 0. The molecular formula is C14H20N2O3. The number of aromatic amines is 1. The van der Waals surface area contributed by atoms with Gasteiger partial charge in [0.05, 0.1) is 0 Å². The van der Waals surface area contributed by atoms with Gasteiger partial charge in [0.25, 0.3) is 5.91 Å². The van der Waals surface area contributed by atoms with Gasteiger partial charge in [-0.2, -0.15) is 0 Å². The van der Waals surface area contributed by atoms with Gasteiger partial charge in [0.2, 0.25) is 0 Å². The number of aliphatic carboxylic acids is 1. The molecular weight excluding hydrogens is 244 g/mol. The Balaban J connectivity index is 2.17. The minimum Gasteiger partial charge on any atom is -0.480 e. The van der Waals surface area contributed by atoms with Gasteiger partial charge in [-0.3, -0.25) is 4.79 Å². The third-order valence-corrected chi connectivity index (χ3v) is 4.26. The van der Waals surface area contributed by atoms with Crippen LogP contribution in [0.5, 0.6) is 0 Å². The van der Waals surface area contributed by atoms with Gasteiger partial charge < -0.3 is 15.4 Å². The van der Waals surface area contributed by atoms with Gasteiger partial charge in [-0.05, 0) is 51.2 Å². The van der Waals surface area contributed by atoms with Gasteiger partial charge in [0.15, 0.2) is 0 Å². The van der Waals surface area contributed by atoms with Crippen LogP contribution in [0.2, 0.25) is 0 Å². The molecule has 104 valence electrons. The number of carboxylic acid groups (broad SMARTS) is 1. The van der Waals surface area contributed by atoms with Gasteiger partial charge in [-0.15, -0.1) is 0 Å². The van der Waals surface area contributed by atoms with Crippen molar-refractivity contribution >= 4 is 11.9 Å². The Hall–Kier alpha value is -1.78. The van der Waals surface area contributed by atoms with E-state index in [1.54, 1.807) is 13.0 Å². The molecule has 1 aromatic heterocycles. The average molecular weight is 264 g/mol. The number of rotatable bonds is 4. The van der Waals surface area contributed by atoms with Crippen LogP contribution in [0.3, 0.4) is 0 Å². The second-order valence-corrected chi connectivity index (χ2v) is 5.58. The molecule has 1 aliphatic carbocycles. The van der Waals surface area contributed by atoms with Crippen LogP contribution in [0.1, 0.15) is 47.9 Å². The number of carbonyl (C=O) groups excluding carboxylic acids is 1. The van der Waals surface area contributed by atoms with Crippen molar-refractivity contribution in [1.29, 1.82) is 0 Å². The van der Waals surface area contributed by atoms with E-state index in [1.165, 1.54) is 0 Å². The summed E-state index contributed by atoms with van der Waals surface area (Å²) in [5, 5.41) is 12.1. The van der Waals surface area contributed by atoms with Gasteiger partial charge >= 0.3 is 5.97 Å². The van der Waals surface area contributed by atoms with Crippen LogP contribution in [-0.4, -0.2) is 27.5 Å². The highest BCUT2D eigenvalue weighted by atomic mass is 16.4. The van der Waals surface area contributed by atoms with Crippen LogP contribution in [0.4, 0.5) is 0 Å². The van der Waals surface area contributed by atoms with E-state index in [1.807, 2.05) is 13.8 Å². The molecule has 0 saturated heterocycles. The number of aromatic nitrogens is 1. The smallest absolute Gasteiger partial charge is 0.329 e. The van der Waals surface area contributed by atoms with Crippen LogP contribution in [0.15, 0.2) is 6.07 Å². The molecule has 1 saturated carbocycles. The summed E-state index contributed by atoms with van der Waals surface area (Å²) in [6.07, 6.45) is 2.74. The summed E-state index contributed by atoms with van der Waals surface area (Å²) in [6.45, 7) is 5.39. The maximum Gasteiger partial charge on any atom is 0.329 e. The molecule has 1 heterocycles. The summed E-state index contributed by atoms with van der Waals surface area (Å²) in [5.41, 5.74) is 1.15. The molecule has 1 unspecified atom stereocenters. The number of amides is 1. The van der Waals surface area contributed by atoms with E-state index in [0.717, 1.165) is 30.5 Å². The molecule has 1 aromatic rings. The molecule has 0 spiro atoms. The van der Waals surface area contributed by atoms with Crippen LogP contribution in [-0.2, 0) is 4.79 Å². The zero-order valence-corrected chi connectivity index (χ0v) is 11.5. The van der Waals surface area contributed by atoms with Gasteiger partial charge in [-0.25, -0.2) is 4.79 Å². The predicted octanol–water partition coefficient (Wildman–Crippen LogP) is 2.00. The van der Waals surface area contributed by atoms with Crippen molar-refractivity contribution in [2.45, 2.75) is 45.6 Å². The molecule has 0 aromatic carbocycles. The van der Waals surface area contributed by atoms with E-state index in [9.17, 15) is 14.7 Å². The molecule has 5 heteroatoms. The topological polar surface area (TPSA) is 82.2 Å². The zero-order chi connectivity index (χ0) is 14.2.